The van der Waals surface area contributed by atoms with Crippen molar-refractivity contribution in [2.45, 2.75) is 13.8 Å². The fraction of sp³-hybridized carbons (Fsp3) is 0.167. The van der Waals surface area contributed by atoms with Gasteiger partial charge in [-0.05, 0) is 32.0 Å². The molecule has 1 rings (SSSR count). The fourth-order valence-electron chi connectivity index (χ4n) is 1.23. The highest BCUT2D eigenvalue weighted by Gasteiger charge is 2.10. The molecule has 1 aromatic carbocycles. The largest absolute Gasteiger partial charge is 0.294 e. The molecule has 0 N–H and O–H groups in total. The second kappa shape index (κ2) is 3.89. The second-order valence-corrected chi connectivity index (χ2v) is 3.02. The summed E-state index contributed by atoms with van der Waals surface area (Å²) in [6.45, 7) is 2.85. The van der Waals surface area contributed by atoms with E-state index >= 15 is 0 Å². The monoisotopic (exact) mass is 186 g/mol. The van der Waals surface area contributed by atoms with Crippen molar-refractivity contribution in [1.29, 1.82) is 0 Å². The summed E-state index contributed by atoms with van der Waals surface area (Å²) in [6, 6.07) is 4.82. The van der Waals surface area contributed by atoms with Crippen LogP contribution in [-0.4, -0.2) is 11.6 Å². The van der Waals surface area contributed by atoms with Crippen molar-refractivity contribution in [2.24, 2.45) is 0 Å². The Morgan fingerprint density at radius 3 is 2.14 bits per heavy atom. The van der Waals surface area contributed by atoms with E-state index in [1.807, 2.05) is 0 Å². The topological polar surface area (TPSA) is 34.1 Å². The van der Waals surface area contributed by atoms with Crippen LogP contribution in [0.5, 0.6) is 0 Å². The summed E-state index contributed by atoms with van der Waals surface area (Å²) in [6.07, 6.45) is 5.20. The number of hydrogen-bond acceptors (Lipinski definition) is 2. The Hall–Kier alpha value is -1.88. The number of benzene rings is 1. The molecule has 0 aliphatic heterocycles. The molecule has 2 heteroatoms. The molecule has 70 valence electrons. The Labute approximate surface area is 82.9 Å². The van der Waals surface area contributed by atoms with Gasteiger partial charge in [-0.25, -0.2) is 0 Å². The van der Waals surface area contributed by atoms with Crippen molar-refractivity contribution in [1.82, 2.24) is 0 Å². The number of hydrogen-bond donors (Lipinski definition) is 0. The zero-order valence-corrected chi connectivity index (χ0v) is 8.13. The molecule has 0 fully saturated rings. The molecule has 2 nitrogen and oxygen atoms in total. The lowest BCUT2D eigenvalue weighted by molar-refractivity contribution is 0.0981. The molecule has 0 spiro atoms. The van der Waals surface area contributed by atoms with Crippen LogP contribution in [0.2, 0.25) is 0 Å². The molecular formula is C12H10O2. The molecule has 0 saturated carbocycles. The molecule has 14 heavy (non-hydrogen) atoms. The van der Waals surface area contributed by atoms with E-state index in [0.717, 1.165) is 0 Å². The van der Waals surface area contributed by atoms with Gasteiger partial charge in [0.1, 0.15) is 0 Å². The van der Waals surface area contributed by atoms with E-state index in [1.54, 1.807) is 18.2 Å². The molecule has 0 atom stereocenters. The first-order chi connectivity index (χ1) is 6.56. The van der Waals surface area contributed by atoms with E-state index in [-0.39, 0.29) is 11.6 Å². The molecule has 1 aromatic rings. The van der Waals surface area contributed by atoms with Crippen LogP contribution >= 0.6 is 0 Å². The van der Waals surface area contributed by atoms with Crippen molar-refractivity contribution >= 4 is 11.6 Å². The molecule has 0 aromatic heterocycles. The van der Waals surface area contributed by atoms with E-state index in [1.165, 1.54) is 13.8 Å². The van der Waals surface area contributed by atoms with Gasteiger partial charge in [0.05, 0.1) is 0 Å². The van der Waals surface area contributed by atoms with E-state index < -0.39 is 0 Å². The fourth-order valence-corrected chi connectivity index (χ4v) is 1.23. The molecule has 0 radical (unpaired) electrons. The number of terminal acetylenes is 1. The Morgan fingerprint density at radius 2 is 1.71 bits per heavy atom. The van der Waals surface area contributed by atoms with Gasteiger partial charge in [0.15, 0.2) is 11.6 Å². The molecular weight excluding hydrogens is 176 g/mol. The summed E-state index contributed by atoms with van der Waals surface area (Å²) in [7, 11) is 0. The SMILES string of the molecule is C#Cc1ccc(C(C)=O)c(C(C)=O)c1. The maximum absolute atomic E-state index is 11.2. The van der Waals surface area contributed by atoms with Crippen LogP contribution in [-0.2, 0) is 0 Å². The minimum Gasteiger partial charge on any atom is -0.294 e. The summed E-state index contributed by atoms with van der Waals surface area (Å²) >= 11 is 0. The third-order valence-corrected chi connectivity index (χ3v) is 1.94. The molecule has 0 aliphatic rings. The maximum Gasteiger partial charge on any atom is 0.160 e. The molecule has 0 heterocycles. The van der Waals surface area contributed by atoms with Crippen LogP contribution < -0.4 is 0 Å². The minimum atomic E-state index is -0.146. The van der Waals surface area contributed by atoms with E-state index in [9.17, 15) is 9.59 Å². The van der Waals surface area contributed by atoms with Gasteiger partial charge < -0.3 is 0 Å². The highest BCUT2D eigenvalue weighted by molar-refractivity contribution is 6.07. The van der Waals surface area contributed by atoms with Crippen molar-refractivity contribution in [2.75, 3.05) is 0 Å². The van der Waals surface area contributed by atoms with Gasteiger partial charge >= 0.3 is 0 Å². The first kappa shape index (κ1) is 10.2. The lowest BCUT2D eigenvalue weighted by Crippen LogP contribution is -2.04. The van der Waals surface area contributed by atoms with Gasteiger partial charge in [-0.2, -0.15) is 0 Å². The van der Waals surface area contributed by atoms with Crippen LogP contribution in [0.4, 0.5) is 0 Å². The highest BCUT2D eigenvalue weighted by Crippen LogP contribution is 2.13. The zero-order chi connectivity index (χ0) is 10.7. The van der Waals surface area contributed by atoms with Gasteiger partial charge in [0.25, 0.3) is 0 Å². The lowest BCUT2D eigenvalue weighted by atomic mass is 9.99. The normalized spacial score (nSPS) is 9.21. The Morgan fingerprint density at radius 1 is 1.14 bits per heavy atom. The molecule has 0 unspecified atom stereocenters. The quantitative estimate of drug-likeness (QED) is 0.523. The van der Waals surface area contributed by atoms with E-state index in [0.29, 0.717) is 16.7 Å². The van der Waals surface area contributed by atoms with Gasteiger partial charge in [0, 0.05) is 16.7 Å². The average molecular weight is 186 g/mol. The zero-order valence-electron chi connectivity index (χ0n) is 8.13. The Bertz CT molecular complexity index is 436. The number of carbonyl (C=O) groups is 2. The van der Waals surface area contributed by atoms with Gasteiger partial charge in [-0.15, -0.1) is 6.42 Å². The van der Waals surface area contributed by atoms with Gasteiger partial charge in [-0.1, -0.05) is 5.92 Å². The van der Waals surface area contributed by atoms with Crippen LogP contribution in [0.25, 0.3) is 0 Å². The lowest BCUT2D eigenvalue weighted by Gasteiger charge is -2.03. The summed E-state index contributed by atoms with van der Waals surface area (Å²) in [5.74, 6) is 2.15. The number of carbonyl (C=O) groups excluding carboxylic acids is 2. The van der Waals surface area contributed by atoms with Crippen LogP contribution in [0.3, 0.4) is 0 Å². The van der Waals surface area contributed by atoms with Crippen molar-refractivity contribution in [3.8, 4) is 12.3 Å². The first-order valence-corrected chi connectivity index (χ1v) is 4.18. The predicted molar refractivity (Wildman–Crippen MR) is 54.4 cm³/mol. The van der Waals surface area contributed by atoms with E-state index in [4.69, 9.17) is 6.42 Å². The number of Topliss-reactive ketones (excluding diaryl/α,β-unsaturated/α-hetero) is 2. The smallest absolute Gasteiger partial charge is 0.160 e. The Kier molecular flexibility index (Phi) is 2.83. The van der Waals surface area contributed by atoms with Crippen molar-refractivity contribution in [3.63, 3.8) is 0 Å². The summed E-state index contributed by atoms with van der Waals surface area (Å²) in [4.78, 5) is 22.4. The molecule has 0 aliphatic carbocycles. The molecule has 0 saturated heterocycles. The average Bonchev–Trinajstić information content (AvgIpc) is 2.16. The van der Waals surface area contributed by atoms with E-state index in [2.05, 4.69) is 5.92 Å². The maximum atomic E-state index is 11.2. The summed E-state index contributed by atoms with van der Waals surface area (Å²) in [5.41, 5.74) is 1.43. The van der Waals surface area contributed by atoms with Crippen molar-refractivity contribution < 1.29 is 9.59 Å². The summed E-state index contributed by atoms with van der Waals surface area (Å²) in [5, 5.41) is 0. The first-order valence-electron chi connectivity index (χ1n) is 4.18. The van der Waals surface area contributed by atoms with Crippen LogP contribution in [0, 0.1) is 12.3 Å². The summed E-state index contributed by atoms with van der Waals surface area (Å²) < 4.78 is 0. The minimum absolute atomic E-state index is 0.126. The third-order valence-electron chi connectivity index (χ3n) is 1.94. The van der Waals surface area contributed by atoms with Crippen LogP contribution in [0.15, 0.2) is 18.2 Å². The van der Waals surface area contributed by atoms with Crippen LogP contribution in [0.1, 0.15) is 40.1 Å². The number of rotatable bonds is 2. The second-order valence-electron chi connectivity index (χ2n) is 3.02. The molecule has 0 bridgehead atoms. The van der Waals surface area contributed by atoms with Crippen molar-refractivity contribution in [3.05, 3.63) is 34.9 Å². The predicted octanol–water partition coefficient (Wildman–Crippen LogP) is 2.07. The van der Waals surface area contributed by atoms with Gasteiger partial charge in [-0.3, -0.25) is 9.59 Å². The highest BCUT2D eigenvalue weighted by atomic mass is 16.1. The van der Waals surface area contributed by atoms with Gasteiger partial charge in [0.2, 0.25) is 0 Å². The molecule has 0 amide bonds. The Balaban J connectivity index is 3.40. The standard InChI is InChI=1S/C12H10O2/c1-4-10-5-6-11(8(2)13)12(7-10)9(3)14/h1,5-7H,2-3H3. The third kappa shape index (κ3) is 1.89. The number of ketones is 2.